The molecule has 1 amide bonds. The number of carbonyl (C=O) groups is 1. The molecule has 0 spiro atoms. The van der Waals surface area contributed by atoms with E-state index < -0.39 is 0 Å². The molecule has 6 heteroatoms. The summed E-state index contributed by atoms with van der Waals surface area (Å²) in [6, 6.07) is 7.82. The first-order valence-corrected chi connectivity index (χ1v) is 11.1. The van der Waals surface area contributed by atoms with E-state index in [9.17, 15) is 4.79 Å². The first-order chi connectivity index (χ1) is 13.2. The highest BCUT2D eigenvalue weighted by atomic mass is 35.5. The lowest BCUT2D eigenvalue weighted by Gasteiger charge is -2.34. The van der Waals surface area contributed by atoms with Crippen LogP contribution in [0.4, 0.5) is 0 Å². The van der Waals surface area contributed by atoms with E-state index in [2.05, 4.69) is 15.2 Å². The zero-order valence-electron chi connectivity index (χ0n) is 15.6. The van der Waals surface area contributed by atoms with Crippen molar-refractivity contribution >= 4 is 28.8 Å². The number of thiazole rings is 1. The van der Waals surface area contributed by atoms with E-state index in [0.717, 1.165) is 60.4 Å². The third-order valence-corrected chi connectivity index (χ3v) is 6.80. The van der Waals surface area contributed by atoms with Crippen molar-refractivity contribution in [3.05, 3.63) is 39.7 Å². The summed E-state index contributed by atoms with van der Waals surface area (Å²) >= 11 is 7.67. The molecule has 27 heavy (non-hydrogen) atoms. The summed E-state index contributed by atoms with van der Waals surface area (Å²) in [5.41, 5.74) is 2.11. The summed E-state index contributed by atoms with van der Waals surface area (Å²) in [6.45, 7) is 4.43. The standard InChI is InChI=1S/C21H26ClN3OS/c22-18-7-5-17(6-8-18)19-15-27-20(23-19)14-24-9-11-25(12-10-24)21(26)13-16-3-1-2-4-16/h5-8,15-16H,1-4,9-14H2. The molecule has 0 unspecified atom stereocenters. The quantitative estimate of drug-likeness (QED) is 0.726. The van der Waals surface area contributed by atoms with Crippen molar-refractivity contribution < 1.29 is 4.79 Å². The van der Waals surface area contributed by atoms with Gasteiger partial charge in [-0.25, -0.2) is 4.98 Å². The van der Waals surface area contributed by atoms with Crippen molar-refractivity contribution in [2.24, 2.45) is 5.92 Å². The van der Waals surface area contributed by atoms with Gasteiger partial charge in [0.25, 0.3) is 0 Å². The van der Waals surface area contributed by atoms with Crippen molar-refractivity contribution in [1.82, 2.24) is 14.8 Å². The highest BCUT2D eigenvalue weighted by Gasteiger charge is 2.25. The molecule has 144 valence electrons. The lowest BCUT2D eigenvalue weighted by atomic mass is 10.0. The average molecular weight is 404 g/mol. The highest BCUT2D eigenvalue weighted by Crippen LogP contribution is 2.28. The van der Waals surface area contributed by atoms with Gasteiger partial charge in [0.15, 0.2) is 0 Å². The molecule has 1 aromatic carbocycles. The summed E-state index contributed by atoms with van der Waals surface area (Å²) in [5.74, 6) is 0.998. The molecule has 2 heterocycles. The number of hydrogen-bond donors (Lipinski definition) is 0. The Hall–Kier alpha value is -1.43. The number of carbonyl (C=O) groups excluding carboxylic acids is 1. The maximum absolute atomic E-state index is 12.5. The molecule has 1 aliphatic carbocycles. The fourth-order valence-corrected chi connectivity index (χ4v) is 5.04. The number of nitrogens with zero attached hydrogens (tertiary/aromatic N) is 3. The monoisotopic (exact) mass is 403 g/mol. The maximum Gasteiger partial charge on any atom is 0.222 e. The lowest BCUT2D eigenvalue weighted by Crippen LogP contribution is -2.48. The average Bonchev–Trinajstić information content (AvgIpc) is 3.35. The normalized spacial score (nSPS) is 18.9. The predicted molar refractivity (Wildman–Crippen MR) is 111 cm³/mol. The van der Waals surface area contributed by atoms with Gasteiger partial charge >= 0.3 is 0 Å². The maximum atomic E-state index is 12.5. The second kappa shape index (κ2) is 8.72. The van der Waals surface area contributed by atoms with E-state index in [-0.39, 0.29) is 0 Å². The lowest BCUT2D eigenvalue weighted by molar-refractivity contribution is -0.134. The Balaban J connectivity index is 1.27. The van der Waals surface area contributed by atoms with Crippen LogP contribution < -0.4 is 0 Å². The molecule has 2 aliphatic rings. The van der Waals surface area contributed by atoms with Gasteiger partial charge in [-0.15, -0.1) is 11.3 Å². The van der Waals surface area contributed by atoms with Crippen LogP contribution in [0.2, 0.25) is 5.02 Å². The van der Waals surface area contributed by atoms with Gasteiger partial charge in [0.2, 0.25) is 5.91 Å². The zero-order chi connectivity index (χ0) is 18.6. The van der Waals surface area contributed by atoms with Gasteiger partial charge in [0, 0.05) is 48.6 Å². The molecule has 1 aliphatic heterocycles. The SMILES string of the molecule is O=C(CC1CCCC1)N1CCN(Cc2nc(-c3ccc(Cl)cc3)cs2)CC1. The molecule has 0 radical (unpaired) electrons. The topological polar surface area (TPSA) is 36.4 Å². The van der Waals surface area contributed by atoms with Gasteiger partial charge in [-0.3, -0.25) is 9.69 Å². The Morgan fingerprint density at radius 2 is 1.81 bits per heavy atom. The van der Waals surface area contributed by atoms with Crippen LogP contribution >= 0.6 is 22.9 Å². The van der Waals surface area contributed by atoms with Crippen LogP contribution in [0.3, 0.4) is 0 Å². The summed E-state index contributed by atoms with van der Waals surface area (Å²) in [4.78, 5) is 21.7. The molecule has 4 rings (SSSR count). The molecule has 2 fully saturated rings. The number of amides is 1. The molecule has 1 saturated carbocycles. The van der Waals surface area contributed by atoms with Crippen molar-refractivity contribution in [3.8, 4) is 11.3 Å². The van der Waals surface area contributed by atoms with Crippen LogP contribution in [0, 0.1) is 5.92 Å². The molecular weight excluding hydrogens is 378 g/mol. The molecular formula is C21H26ClN3OS. The van der Waals surface area contributed by atoms with Gasteiger partial charge in [-0.1, -0.05) is 36.6 Å². The van der Waals surface area contributed by atoms with E-state index in [4.69, 9.17) is 16.6 Å². The summed E-state index contributed by atoms with van der Waals surface area (Å²) in [6.07, 6.45) is 5.85. The Bertz CT molecular complexity index is 762. The van der Waals surface area contributed by atoms with E-state index in [0.29, 0.717) is 11.8 Å². The summed E-state index contributed by atoms with van der Waals surface area (Å²) in [5, 5.41) is 3.99. The van der Waals surface area contributed by atoms with Gasteiger partial charge in [-0.2, -0.15) is 0 Å². The van der Waals surface area contributed by atoms with Crippen LogP contribution in [-0.4, -0.2) is 46.9 Å². The molecule has 0 bridgehead atoms. The zero-order valence-corrected chi connectivity index (χ0v) is 17.1. The van der Waals surface area contributed by atoms with Crippen LogP contribution in [0.25, 0.3) is 11.3 Å². The fourth-order valence-electron chi connectivity index (χ4n) is 4.07. The van der Waals surface area contributed by atoms with Crippen molar-refractivity contribution in [2.45, 2.75) is 38.6 Å². The smallest absolute Gasteiger partial charge is 0.222 e. The van der Waals surface area contributed by atoms with Crippen LogP contribution in [0.5, 0.6) is 0 Å². The summed E-state index contributed by atoms with van der Waals surface area (Å²) in [7, 11) is 0. The molecule has 4 nitrogen and oxygen atoms in total. The molecule has 0 N–H and O–H groups in total. The Morgan fingerprint density at radius 3 is 2.52 bits per heavy atom. The van der Waals surface area contributed by atoms with Crippen LogP contribution in [-0.2, 0) is 11.3 Å². The minimum absolute atomic E-state index is 0.362. The number of rotatable bonds is 5. The molecule has 1 aromatic heterocycles. The molecule has 1 saturated heterocycles. The minimum atomic E-state index is 0.362. The van der Waals surface area contributed by atoms with Gasteiger partial charge < -0.3 is 4.90 Å². The first-order valence-electron chi connectivity index (χ1n) is 9.88. The van der Waals surface area contributed by atoms with E-state index in [1.807, 2.05) is 24.3 Å². The third-order valence-electron chi connectivity index (χ3n) is 5.71. The largest absolute Gasteiger partial charge is 0.340 e. The Kier molecular flexibility index (Phi) is 6.11. The highest BCUT2D eigenvalue weighted by molar-refractivity contribution is 7.09. The first kappa shape index (κ1) is 18.9. The molecule has 2 aromatic rings. The van der Waals surface area contributed by atoms with Crippen molar-refractivity contribution in [1.29, 1.82) is 0 Å². The van der Waals surface area contributed by atoms with Gasteiger partial charge in [-0.05, 0) is 30.9 Å². The number of hydrogen-bond acceptors (Lipinski definition) is 4. The third kappa shape index (κ3) is 4.89. The van der Waals surface area contributed by atoms with E-state index in [1.54, 1.807) is 11.3 Å². The number of benzene rings is 1. The summed E-state index contributed by atoms with van der Waals surface area (Å²) < 4.78 is 0. The predicted octanol–water partition coefficient (Wildman–Crippen LogP) is 4.69. The Morgan fingerprint density at radius 1 is 1.11 bits per heavy atom. The van der Waals surface area contributed by atoms with Crippen LogP contribution in [0.15, 0.2) is 29.6 Å². The number of aromatic nitrogens is 1. The van der Waals surface area contributed by atoms with Crippen LogP contribution in [0.1, 0.15) is 37.1 Å². The number of halogens is 1. The minimum Gasteiger partial charge on any atom is -0.340 e. The van der Waals surface area contributed by atoms with E-state index in [1.165, 1.54) is 25.7 Å². The van der Waals surface area contributed by atoms with E-state index >= 15 is 0 Å². The number of piperazine rings is 1. The van der Waals surface area contributed by atoms with Crippen molar-refractivity contribution in [3.63, 3.8) is 0 Å². The van der Waals surface area contributed by atoms with Gasteiger partial charge in [0.05, 0.1) is 12.2 Å². The van der Waals surface area contributed by atoms with Crippen molar-refractivity contribution in [2.75, 3.05) is 26.2 Å². The second-order valence-electron chi connectivity index (χ2n) is 7.64. The Labute approximate surface area is 170 Å². The van der Waals surface area contributed by atoms with Gasteiger partial charge in [0.1, 0.15) is 5.01 Å². The molecule has 0 atom stereocenters. The fraction of sp³-hybridized carbons (Fsp3) is 0.524. The second-order valence-corrected chi connectivity index (χ2v) is 9.02.